The van der Waals surface area contributed by atoms with Gasteiger partial charge in [-0.05, 0) is 30.7 Å². The number of benzene rings is 1. The number of anilines is 2. The van der Waals surface area contributed by atoms with Gasteiger partial charge in [0.2, 0.25) is 0 Å². The third-order valence-electron chi connectivity index (χ3n) is 3.12. The summed E-state index contributed by atoms with van der Waals surface area (Å²) in [4.78, 5) is 6.53. The molecule has 0 bridgehead atoms. The molecular weight excluding hydrogens is 222 g/mol. The molecule has 0 saturated heterocycles. The van der Waals surface area contributed by atoms with E-state index in [0.717, 1.165) is 23.5 Å². The van der Waals surface area contributed by atoms with Crippen molar-refractivity contribution in [3.8, 4) is 0 Å². The van der Waals surface area contributed by atoms with E-state index in [1.165, 1.54) is 0 Å². The zero-order valence-corrected chi connectivity index (χ0v) is 10.9. The molecule has 1 atom stereocenters. The molecule has 0 unspecified atom stereocenters. The Morgan fingerprint density at radius 1 is 1.11 bits per heavy atom. The van der Waals surface area contributed by atoms with E-state index in [4.69, 9.17) is 5.73 Å². The van der Waals surface area contributed by atoms with Crippen molar-refractivity contribution in [2.24, 2.45) is 5.73 Å². The fraction of sp³-hybridized carbons (Fsp3) is 0.267. The van der Waals surface area contributed by atoms with Crippen LogP contribution in [-0.4, -0.2) is 12.0 Å². The fourth-order valence-corrected chi connectivity index (χ4v) is 1.83. The molecule has 3 heteroatoms. The molecule has 3 nitrogen and oxygen atoms in total. The summed E-state index contributed by atoms with van der Waals surface area (Å²) in [5.41, 5.74) is 9.11. The molecule has 2 N–H and O–H groups in total. The summed E-state index contributed by atoms with van der Waals surface area (Å²) in [6.07, 6.45) is 2.78. The Hall–Kier alpha value is -1.87. The first-order chi connectivity index (χ1) is 8.72. The second kappa shape index (κ2) is 5.65. The van der Waals surface area contributed by atoms with Crippen molar-refractivity contribution < 1.29 is 0 Å². The summed E-state index contributed by atoms with van der Waals surface area (Å²) in [5, 5.41) is 0. The fourth-order valence-electron chi connectivity index (χ4n) is 1.83. The summed E-state index contributed by atoms with van der Waals surface area (Å²) in [7, 11) is 2.03. The van der Waals surface area contributed by atoms with Crippen LogP contribution < -0.4 is 10.6 Å². The van der Waals surface area contributed by atoms with E-state index in [9.17, 15) is 0 Å². The van der Waals surface area contributed by atoms with Crippen molar-refractivity contribution in [1.82, 2.24) is 4.98 Å². The highest BCUT2D eigenvalue weighted by Crippen LogP contribution is 2.23. The number of aromatic nitrogens is 1. The number of nitrogens with two attached hydrogens (primary N) is 1. The average Bonchev–Trinajstić information content (AvgIpc) is 2.47. The molecule has 0 aliphatic heterocycles. The molecule has 2 aromatic rings. The van der Waals surface area contributed by atoms with E-state index in [1.807, 2.05) is 37.5 Å². The summed E-state index contributed by atoms with van der Waals surface area (Å²) in [5.74, 6) is 0. The van der Waals surface area contributed by atoms with Gasteiger partial charge in [-0.1, -0.05) is 25.1 Å². The number of para-hydroxylation sites is 1. The van der Waals surface area contributed by atoms with E-state index in [-0.39, 0.29) is 6.04 Å². The minimum Gasteiger partial charge on any atom is -0.343 e. The van der Waals surface area contributed by atoms with Gasteiger partial charge in [0.05, 0.1) is 17.6 Å². The number of pyridine rings is 1. The molecule has 2 rings (SSSR count). The third-order valence-corrected chi connectivity index (χ3v) is 3.12. The van der Waals surface area contributed by atoms with Crippen LogP contribution in [0.5, 0.6) is 0 Å². The van der Waals surface area contributed by atoms with E-state index in [0.29, 0.717) is 0 Å². The second-order valence-corrected chi connectivity index (χ2v) is 4.35. The molecule has 1 aromatic heterocycles. The highest BCUT2D eigenvalue weighted by Gasteiger charge is 2.07. The summed E-state index contributed by atoms with van der Waals surface area (Å²) in [6.45, 7) is 2.07. The summed E-state index contributed by atoms with van der Waals surface area (Å²) in [6, 6.07) is 14.3. The lowest BCUT2D eigenvalue weighted by atomic mass is 10.1. The van der Waals surface area contributed by atoms with Crippen molar-refractivity contribution in [3.63, 3.8) is 0 Å². The third kappa shape index (κ3) is 2.68. The van der Waals surface area contributed by atoms with Gasteiger partial charge in [0.1, 0.15) is 0 Å². The maximum atomic E-state index is 5.96. The Morgan fingerprint density at radius 2 is 1.83 bits per heavy atom. The predicted octanol–water partition coefficient (Wildman–Crippen LogP) is 3.26. The summed E-state index contributed by atoms with van der Waals surface area (Å²) >= 11 is 0. The quantitative estimate of drug-likeness (QED) is 0.893. The zero-order valence-electron chi connectivity index (χ0n) is 10.9. The van der Waals surface area contributed by atoms with Gasteiger partial charge in [-0.25, -0.2) is 0 Å². The molecule has 0 saturated carbocycles. The van der Waals surface area contributed by atoms with Crippen LogP contribution in [0.1, 0.15) is 25.1 Å². The van der Waals surface area contributed by atoms with Crippen molar-refractivity contribution in [2.75, 3.05) is 11.9 Å². The molecule has 0 fully saturated rings. The van der Waals surface area contributed by atoms with E-state index in [2.05, 4.69) is 35.0 Å². The number of hydrogen-bond donors (Lipinski definition) is 1. The van der Waals surface area contributed by atoms with Crippen LogP contribution in [0.2, 0.25) is 0 Å². The van der Waals surface area contributed by atoms with Gasteiger partial charge < -0.3 is 10.6 Å². The molecule has 1 aromatic carbocycles. The predicted molar refractivity (Wildman–Crippen MR) is 76.0 cm³/mol. The van der Waals surface area contributed by atoms with Crippen molar-refractivity contribution in [1.29, 1.82) is 0 Å². The Morgan fingerprint density at radius 3 is 2.39 bits per heavy atom. The molecule has 0 amide bonds. The van der Waals surface area contributed by atoms with Crippen LogP contribution in [0.15, 0.2) is 48.7 Å². The molecule has 0 spiro atoms. The number of hydrogen-bond acceptors (Lipinski definition) is 3. The first kappa shape index (κ1) is 12.6. The lowest BCUT2D eigenvalue weighted by Gasteiger charge is -2.19. The SMILES string of the molecule is CC[C@@H](N)c1ccc(N(C)c2ccccc2)cn1. The van der Waals surface area contributed by atoms with Crippen molar-refractivity contribution in [3.05, 3.63) is 54.4 Å². The van der Waals surface area contributed by atoms with Gasteiger partial charge >= 0.3 is 0 Å². The van der Waals surface area contributed by atoms with E-state index in [1.54, 1.807) is 0 Å². The first-order valence-corrected chi connectivity index (χ1v) is 6.22. The van der Waals surface area contributed by atoms with Gasteiger partial charge in [0.15, 0.2) is 0 Å². The molecule has 1 heterocycles. The molecule has 18 heavy (non-hydrogen) atoms. The number of rotatable bonds is 4. The van der Waals surface area contributed by atoms with Gasteiger partial charge in [-0.15, -0.1) is 0 Å². The maximum Gasteiger partial charge on any atom is 0.0594 e. The van der Waals surface area contributed by atoms with E-state index < -0.39 is 0 Å². The number of nitrogens with zero attached hydrogens (tertiary/aromatic N) is 2. The van der Waals surface area contributed by atoms with Gasteiger partial charge in [-0.3, -0.25) is 4.98 Å². The minimum absolute atomic E-state index is 0.0288. The highest BCUT2D eigenvalue weighted by atomic mass is 15.1. The van der Waals surface area contributed by atoms with Crippen molar-refractivity contribution >= 4 is 11.4 Å². The topological polar surface area (TPSA) is 42.1 Å². The lowest BCUT2D eigenvalue weighted by molar-refractivity contribution is 0.675. The van der Waals surface area contributed by atoms with Crippen LogP contribution in [-0.2, 0) is 0 Å². The average molecular weight is 241 g/mol. The zero-order chi connectivity index (χ0) is 13.0. The normalized spacial score (nSPS) is 12.2. The second-order valence-electron chi connectivity index (χ2n) is 4.35. The van der Waals surface area contributed by atoms with Crippen molar-refractivity contribution in [2.45, 2.75) is 19.4 Å². The smallest absolute Gasteiger partial charge is 0.0594 e. The largest absolute Gasteiger partial charge is 0.343 e. The molecule has 0 radical (unpaired) electrons. The lowest BCUT2D eigenvalue weighted by Crippen LogP contribution is -2.13. The van der Waals surface area contributed by atoms with Crippen LogP contribution >= 0.6 is 0 Å². The molecule has 0 aliphatic carbocycles. The molecular formula is C15H19N3. The van der Waals surface area contributed by atoms with Crippen LogP contribution in [0.25, 0.3) is 0 Å². The first-order valence-electron chi connectivity index (χ1n) is 6.22. The Balaban J connectivity index is 2.19. The Bertz CT molecular complexity index is 479. The van der Waals surface area contributed by atoms with Crippen LogP contribution in [0.3, 0.4) is 0 Å². The monoisotopic (exact) mass is 241 g/mol. The van der Waals surface area contributed by atoms with Crippen LogP contribution in [0.4, 0.5) is 11.4 Å². The van der Waals surface area contributed by atoms with Crippen LogP contribution in [0, 0.1) is 0 Å². The molecule has 0 aliphatic rings. The standard InChI is InChI=1S/C15H19N3/c1-3-14(16)15-10-9-13(11-17-15)18(2)12-7-5-4-6-8-12/h4-11,14H,3,16H2,1-2H3/t14-/m1/s1. The maximum absolute atomic E-state index is 5.96. The Kier molecular flexibility index (Phi) is 3.95. The minimum atomic E-state index is 0.0288. The molecule has 94 valence electrons. The highest BCUT2D eigenvalue weighted by molar-refractivity contribution is 5.61. The van der Waals surface area contributed by atoms with Gasteiger partial charge in [0, 0.05) is 18.8 Å². The van der Waals surface area contributed by atoms with E-state index >= 15 is 0 Å². The Labute approximate surface area is 108 Å². The van der Waals surface area contributed by atoms with Gasteiger partial charge in [0.25, 0.3) is 0 Å². The van der Waals surface area contributed by atoms with Gasteiger partial charge in [-0.2, -0.15) is 0 Å². The summed E-state index contributed by atoms with van der Waals surface area (Å²) < 4.78 is 0.